The maximum Gasteiger partial charge on any atom is 0.253 e. The summed E-state index contributed by atoms with van der Waals surface area (Å²) < 4.78 is 5.00. The van der Waals surface area contributed by atoms with E-state index in [-0.39, 0.29) is 11.8 Å². The molecule has 1 heterocycles. The SMILES string of the molecule is C=c1ccc(C(=O)NCCOC)c(C)/c1=C/N(C)CC1CCN(C(=O)c2ccc(Cl)cc2)C1. The summed E-state index contributed by atoms with van der Waals surface area (Å²) in [5, 5.41) is 5.32. The molecule has 1 aliphatic rings. The van der Waals surface area contributed by atoms with Gasteiger partial charge in [-0.05, 0) is 60.4 Å². The highest BCUT2D eigenvalue weighted by atomic mass is 35.5. The van der Waals surface area contributed by atoms with Crippen molar-refractivity contribution in [3.8, 4) is 0 Å². The zero-order valence-corrected chi connectivity index (χ0v) is 20.3. The van der Waals surface area contributed by atoms with Gasteiger partial charge < -0.3 is 19.9 Å². The molecule has 1 aliphatic heterocycles. The highest BCUT2D eigenvalue weighted by molar-refractivity contribution is 6.30. The van der Waals surface area contributed by atoms with E-state index in [1.54, 1.807) is 31.4 Å². The average Bonchev–Trinajstić information content (AvgIpc) is 3.25. The summed E-state index contributed by atoms with van der Waals surface area (Å²) in [5.41, 5.74) is 2.20. The van der Waals surface area contributed by atoms with Crippen LogP contribution in [0.1, 0.15) is 32.7 Å². The molecule has 1 atom stereocenters. The van der Waals surface area contributed by atoms with Gasteiger partial charge in [0.2, 0.25) is 0 Å². The van der Waals surface area contributed by atoms with Crippen LogP contribution in [0.25, 0.3) is 12.8 Å². The average molecular weight is 470 g/mol. The van der Waals surface area contributed by atoms with Gasteiger partial charge in [-0.1, -0.05) is 24.2 Å². The van der Waals surface area contributed by atoms with Gasteiger partial charge >= 0.3 is 0 Å². The smallest absolute Gasteiger partial charge is 0.253 e. The van der Waals surface area contributed by atoms with Crippen LogP contribution < -0.4 is 15.8 Å². The molecule has 2 aromatic rings. The molecule has 6 nitrogen and oxygen atoms in total. The van der Waals surface area contributed by atoms with Crippen molar-refractivity contribution in [1.82, 2.24) is 15.1 Å². The van der Waals surface area contributed by atoms with Crippen molar-refractivity contribution in [2.75, 3.05) is 46.9 Å². The molecular formula is C26H32ClN3O3. The fraction of sp³-hybridized carbons (Fsp3) is 0.385. The van der Waals surface area contributed by atoms with E-state index in [1.165, 1.54) is 0 Å². The number of amides is 2. The monoisotopic (exact) mass is 469 g/mol. The number of likely N-dealkylation sites (tertiary alicyclic amines) is 1. The third-order valence-corrected chi connectivity index (χ3v) is 6.25. The van der Waals surface area contributed by atoms with Gasteiger partial charge in [-0.25, -0.2) is 0 Å². The van der Waals surface area contributed by atoms with Crippen LogP contribution in [0.3, 0.4) is 0 Å². The summed E-state index contributed by atoms with van der Waals surface area (Å²) in [7, 11) is 3.63. The molecule has 33 heavy (non-hydrogen) atoms. The van der Waals surface area contributed by atoms with Crippen LogP contribution in [0, 0.1) is 12.8 Å². The Hall–Kier alpha value is -2.83. The second-order valence-electron chi connectivity index (χ2n) is 8.54. The van der Waals surface area contributed by atoms with Crippen molar-refractivity contribution >= 4 is 36.2 Å². The van der Waals surface area contributed by atoms with Crippen LogP contribution in [0.4, 0.5) is 0 Å². The number of nitrogens with zero attached hydrogens (tertiary/aromatic N) is 2. The molecule has 176 valence electrons. The highest BCUT2D eigenvalue weighted by Gasteiger charge is 2.27. The molecule has 1 unspecified atom stereocenters. The molecule has 2 amide bonds. The summed E-state index contributed by atoms with van der Waals surface area (Å²) in [6.07, 6.45) is 3.00. The van der Waals surface area contributed by atoms with E-state index < -0.39 is 0 Å². The third kappa shape index (κ3) is 6.36. The van der Waals surface area contributed by atoms with Gasteiger partial charge in [0.25, 0.3) is 11.8 Å². The van der Waals surface area contributed by atoms with E-state index in [4.69, 9.17) is 16.3 Å². The summed E-state index contributed by atoms with van der Waals surface area (Å²) in [4.78, 5) is 29.4. The van der Waals surface area contributed by atoms with E-state index >= 15 is 0 Å². The van der Waals surface area contributed by atoms with E-state index in [2.05, 4.69) is 16.8 Å². The van der Waals surface area contributed by atoms with Crippen LogP contribution in [0.5, 0.6) is 0 Å². The number of carbonyl (C=O) groups is 2. The van der Waals surface area contributed by atoms with Gasteiger partial charge in [0.1, 0.15) is 0 Å². The summed E-state index contributed by atoms with van der Waals surface area (Å²) in [5.74, 6) is 0.300. The van der Waals surface area contributed by atoms with Crippen molar-refractivity contribution in [1.29, 1.82) is 0 Å². The number of hydrogen-bond donors (Lipinski definition) is 1. The maximum atomic E-state index is 12.8. The number of methoxy groups -OCH3 is 1. The van der Waals surface area contributed by atoms with Crippen molar-refractivity contribution in [3.63, 3.8) is 0 Å². The topological polar surface area (TPSA) is 61.9 Å². The molecule has 0 saturated carbocycles. The quantitative estimate of drug-likeness (QED) is 0.602. The molecule has 0 aliphatic carbocycles. The molecular weight excluding hydrogens is 438 g/mol. The molecule has 1 fully saturated rings. The number of hydrogen-bond acceptors (Lipinski definition) is 4. The lowest BCUT2D eigenvalue weighted by Gasteiger charge is -2.21. The lowest BCUT2D eigenvalue weighted by atomic mass is 10.0. The van der Waals surface area contributed by atoms with E-state index in [0.717, 1.165) is 42.1 Å². The van der Waals surface area contributed by atoms with Gasteiger partial charge in [0.05, 0.1) is 6.61 Å². The summed E-state index contributed by atoms with van der Waals surface area (Å²) in [6.45, 7) is 9.31. The maximum absolute atomic E-state index is 12.8. The minimum atomic E-state index is -0.117. The molecule has 2 aromatic carbocycles. The van der Waals surface area contributed by atoms with Crippen molar-refractivity contribution in [3.05, 3.63) is 68.5 Å². The minimum Gasteiger partial charge on any atom is -0.383 e. The number of halogens is 1. The van der Waals surface area contributed by atoms with Gasteiger partial charge in [-0.15, -0.1) is 0 Å². The predicted molar refractivity (Wildman–Crippen MR) is 133 cm³/mol. The molecule has 0 spiro atoms. The molecule has 7 heteroatoms. The van der Waals surface area contributed by atoms with E-state index in [1.807, 2.05) is 37.2 Å². The Bertz CT molecular complexity index is 1100. The first-order valence-electron chi connectivity index (χ1n) is 11.1. The van der Waals surface area contributed by atoms with Crippen LogP contribution in [0.15, 0.2) is 36.4 Å². The van der Waals surface area contributed by atoms with Gasteiger partial charge in [0, 0.05) is 67.9 Å². The van der Waals surface area contributed by atoms with Gasteiger partial charge in [-0.3, -0.25) is 9.59 Å². The number of carbonyl (C=O) groups excluding carboxylic acids is 2. The molecule has 0 aromatic heterocycles. The normalized spacial score (nSPS) is 16.2. The number of nitrogens with one attached hydrogen (secondary N) is 1. The van der Waals surface area contributed by atoms with Gasteiger partial charge in [0.15, 0.2) is 0 Å². The Morgan fingerprint density at radius 1 is 1.27 bits per heavy atom. The molecule has 1 saturated heterocycles. The fourth-order valence-electron chi connectivity index (χ4n) is 4.19. The second-order valence-corrected chi connectivity index (χ2v) is 8.98. The standard InChI is InChI=1S/C26H32ClN3O3/c1-18-5-10-23(25(31)28-12-14-33-4)19(2)24(18)17-29(3)15-20-11-13-30(16-20)26(32)21-6-8-22(27)9-7-21/h5-10,17,20H,1,11-16H2,2-4H3,(H,28,31)/b24-17+. The Morgan fingerprint density at radius 3 is 2.70 bits per heavy atom. The first kappa shape index (κ1) is 24.8. The third-order valence-electron chi connectivity index (χ3n) is 6.00. The van der Waals surface area contributed by atoms with Crippen molar-refractivity contribution < 1.29 is 14.3 Å². The highest BCUT2D eigenvalue weighted by Crippen LogP contribution is 2.20. The van der Waals surface area contributed by atoms with Gasteiger partial charge in [-0.2, -0.15) is 0 Å². The zero-order chi connectivity index (χ0) is 24.0. The first-order chi connectivity index (χ1) is 15.8. The second kappa shape index (κ2) is 11.3. The van der Waals surface area contributed by atoms with Crippen LogP contribution in [-0.4, -0.2) is 68.6 Å². The largest absolute Gasteiger partial charge is 0.383 e. The lowest BCUT2D eigenvalue weighted by molar-refractivity contribution is 0.0785. The molecule has 1 N–H and O–H groups in total. The number of rotatable bonds is 8. The number of benzene rings is 2. The molecule has 3 rings (SSSR count). The van der Waals surface area contributed by atoms with Crippen LogP contribution in [0.2, 0.25) is 5.02 Å². The summed E-state index contributed by atoms with van der Waals surface area (Å²) in [6, 6.07) is 10.7. The first-order valence-corrected chi connectivity index (χ1v) is 11.5. The van der Waals surface area contributed by atoms with Crippen molar-refractivity contribution in [2.24, 2.45) is 5.92 Å². The van der Waals surface area contributed by atoms with Crippen molar-refractivity contribution in [2.45, 2.75) is 13.3 Å². The Morgan fingerprint density at radius 2 is 2.00 bits per heavy atom. The van der Waals surface area contributed by atoms with E-state index in [9.17, 15) is 9.59 Å². The Balaban J connectivity index is 1.67. The van der Waals surface area contributed by atoms with Crippen LogP contribution >= 0.6 is 11.6 Å². The number of ether oxygens (including phenoxy) is 1. The summed E-state index contributed by atoms with van der Waals surface area (Å²) >= 11 is 5.94. The zero-order valence-electron chi connectivity index (χ0n) is 19.6. The fourth-order valence-corrected chi connectivity index (χ4v) is 4.32. The molecule has 0 bridgehead atoms. The lowest BCUT2D eigenvalue weighted by Crippen LogP contribution is -2.35. The predicted octanol–water partition coefficient (Wildman–Crippen LogP) is 2.27. The molecule has 0 radical (unpaired) electrons. The Labute approximate surface area is 200 Å². The van der Waals surface area contributed by atoms with Crippen LogP contribution in [-0.2, 0) is 4.74 Å². The Kier molecular flexibility index (Phi) is 8.53. The minimum absolute atomic E-state index is 0.0453. The van der Waals surface area contributed by atoms with E-state index in [0.29, 0.717) is 35.2 Å².